The Morgan fingerprint density at radius 2 is 2.25 bits per heavy atom. The fourth-order valence-corrected chi connectivity index (χ4v) is 1.77. The molecule has 1 heterocycles. The van der Waals surface area contributed by atoms with Gasteiger partial charge in [-0.25, -0.2) is 14.8 Å². The number of urea groups is 1. The van der Waals surface area contributed by atoms with Crippen molar-refractivity contribution in [2.24, 2.45) is 11.7 Å². The summed E-state index contributed by atoms with van der Waals surface area (Å²) in [6.45, 7) is 7.10. The third-order valence-corrected chi connectivity index (χ3v) is 2.52. The van der Waals surface area contributed by atoms with Crippen molar-refractivity contribution in [2.75, 3.05) is 18.1 Å². The van der Waals surface area contributed by atoms with Gasteiger partial charge < -0.3 is 5.73 Å². The van der Waals surface area contributed by atoms with Crippen molar-refractivity contribution >= 4 is 11.8 Å². The maximum Gasteiger partial charge on any atom is 0.333 e. The van der Waals surface area contributed by atoms with Gasteiger partial charge in [-0.15, -0.1) is 0 Å². The summed E-state index contributed by atoms with van der Waals surface area (Å²) in [4.78, 5) is 19.6. The second-order valence-electron chi connectivity index (χ2n) is 4.79. The first-order valence-electron chi connectivity index (χ1n) is 6.57. The van der Waals surface area contributed by atoms with E-state index in [4.69, 9.17) is 11.0 Å². The van der Waals surface area contributed by atoms with Gasteiger partial charge in [0.15, 0.2) is 5.82 Å². The predicted octanol–water partition coefficient (Wildman–Crippen LogP) is 1.52. The van der Waals surface area contributed by atoms with E-state index in [1.165, 1.54) is 11.2 Å². The molecule has 0 radical (unpaired) electrons. The molecular formula is C13H20N6O. The number of amides is 2. The first-order chi connectivity index (χ1) is 9.49. The monoisotopic (exact) mass is 276 g/mol. The van der Waals surface area contributed by atoms with Crippen LogP contribution in [0, 0.1) is 17.2 Å². The Balaban J connectivity index is 3.15. The van der Waals surface area contributed by atoms with E-state index in [1.807, 2.05) is 26.8 Å². The van der Waals surface area contributed by atoms with Gasteiger partial charge >= 0.3 is 6.03 Å². The lowest BCUT2D eigenvalue weighted by molar-refractivity contribution is 0.198. The van der Waals surface area contributed by atoms with E-state index in [9.17, 15) is 4.79 Å². The molecular weight excluding hydrogens is 256 g/mol. The topological polar surface area (TPSA) is 99.1 Å². The number of nitrogens with two attached hydrogens (primary N) is 1. The molecule has 1 rings (SSSR count). The lowest BCUT2D eigenvalue weighted by Gasteiger charge is -2.35. The number of aromatic nitrogens is 2. The molecule has 0 aliphatic carbocycles. The summed E-state index contributed by atoms with van der Waals surface area (Å²) in [6, 6.07) is 3.02. The van der Waals surface area contributed by atoms with Crippen molar-refractivity contribution in [3.8, 4) is 6.07 Å². The standard InChI is InChI=1S/C13H20N6O/c1-4-7-18(13(15)20)19(9-10(2)3)12-5-6-16-11(8-14)17-12/h5-6,10H,4,7,9H2,1-3H3,(H2,15,20). The van der Waals surface area contributed by atoms with Gasteiger partial charge in [0, 0.05) is 25.4 Å². The molecule has 2 amide bonds. The lowest BCUT2D eigenvalue weighted by Crippen LogP contribution is -2.51. The molecule has 0 saturated carbocycles. The van der Waals surface area contributed by atoms with E-state index in [-0.39, 0.29) is 5.82 Å². The minimum Gasteiger partial charge on any atom is -0.350 e. The largest absolute Gasteiger partial charge is 0.350 e. The zero-order valence-corrected chi connectivity index (χ0v) is 12.1. The highest BCUT2D eigenvalue weighted by atomic mass is 16.2. The van der Waals surface area contributed by atoms with Gasteiger partial charge in [0.25, 0.3) is 0 Å². The predicted molar refractivity (Wildman–Crippen MR) is 75.5 cm³/mol. The first-order valence-corrected chi connectivity index (χ1v) is 6.57. The van der Waals surface area contributed by atoms with Crippen LogP contribution < -0.4 is 10.7 Å². The summed E-state index contributed by atoms with van der Waals surface area (Å²) >= 11 is 0. The highest BCUT2D eigenvalue weighted by Gasteiger charge is 2.21. The van der Waals surface area contributed by atoms with Crippen molar-refractivity contribution in [3.63, 3.8) is 0 Å². The zero-order valence-electron chi connectivity index (χ0n) is 12.1. The second kappa shape index (κ2) is 7.28. The summed E-state index contributed by atoms with van der Waals surface area (Å²) in [7, 11) is 0. The molecule has 0 spiro atoms. The van der Waals surface area contributed by atoms with Gasteiger partial charge in [0.1, 0.15) is 6.07 Å². The Morgan fingerprint density at radius 3 is 2.75 bits per heavy atom. The van der Waals surface area contributed by atoms with Gasteiger partial charge in [-0.1, -0.05) is 20.8 Å². The number of nitrogens with zero attached hydrogens (tertiary/aromatic N) is 5. The van der Waals surface area contributed by atoms with Crippen molar-refractivity contribution < 1.29 is 4.79 Å². The number of hydrazine groups is 1. The summed E-state index contributed by atoms with van der Waals surface area (Å²) in [5.74, 6) is 0.865. The summed E-state index contributed by atoms with van der Waals surface area (Å²) in [6.07, 6.45) is 2.27. The second-order valence-corrected chi connectivity index (χ2v) is 4.79. The fourth-order valence-electron chi connectivity index (χ4n) is 1.77. The van der Waals surface area contributed by atoms with Crippen LogP contribution in [-0.4, -0.2) is 34.1 Å². The average molecular weight is 276 g/mol. The van der Waals surface area contributed by atoms with Crippen molar-refractivity contribution in [1.82, 2.24) is 15.0 Å². The van der Waals surface area contributed by atoms with Crippen LogP contribution in [0.2, 0.25) is 0 Å². The van der Waals surface area contributed by atoms with Gasteiger partial charge in [-0.05, 0) is 12.3 Å². The zero-order chi connectivity index (χ0) is 15.1. The van der Waals surface area contributed by atoms with Crippen LogP contribution in [0.5, 0.6) is 0 Å². The van der Waals surface area contributed by atoms with Crippen molar-refractivity contribution in [1.29, 1.82) is 5.26 Å². The maximum atomic E-state index is 11.6. The number of hydrogen-bond donors (Lipinski definition) is 1. The van der Waals surface area contributed by atoms with E-state index < -0.39 is 6.03 Å². The van der Waals surface area contributed by atoms with Crippen molar-refractivity contribution in [3.05, 3.63) is 18.1 Å². The lowest BCUT2D eigenvalue weighted by atomic mass is 10.2. The molecule has 20 heavy (non-hydrogen) atoms. The van der Waals surface area contributed by atoms with Gasteiger partial charge in [-0.2, -0.15) is 10.2 Å². The van der Waals surface area contributed by atoms with Gasteiger partial charge in [0.2, 0.25) is 5.82 Å². The Morgan fingerprint density at radius 1 is 1.55 bits per heavy atom. The van der Waals surface area contributed by atoms with E-state index in [2.05, 4.69) is 9.97 Å². The first kappa shape index (κ1) is 15.7. The third kappa shape index (κ3) is 4.09. The Bertz CT molecular complexity index is 496. The molecule has 0 unspecified atom stereocenters. The molecule has 2 N–H and O–H groups in total. The van der Waals surface area contributed by atoms with Crippen LogP contribution in [0.3, 0.4) is 0 Å². The van der Waals surface area contributed by atoms with Crippen LogP contribution in [0.4, 0.5) is 10.6 Å². The van der Waals surface area contributed by atoms with E-state index >= 15 is 0 Å². The number of nitriles is 1. The molecule has 108 valence electrons. The van der Waals surface area contributed by atoms with E-state index in [0.29, 0.717) is 24.8 Å². The molecule has 7 heteroatoms. The van der Waals surface area contributed by atoms with Gasteiger partial charge in [0.05, 0.1) is 0 Å². The number of carbonyl (C=O) groups is 1. The third-order valence-electron chi connectivity index (χ3n) is 2.52. The molecule has 0 saturated heterocycles. The van der Waals surface area contributed by atoms with Crippen LogP contribution in [0.15, 0.2) is 12.3 Å². The highest BCUT2D eigenvalue weighted by molar-refractivity contribution is 5.74. The van der Waals surface area contributed by atoms with Crippen molar-refractivity contribution in [2.45, 2.75) is 27.2 Å². The van der Waals surface area contributed by atoms with Gasteiger partial charge in [-0.3, -0.25) is 5.01 Å². The van der Waals surface area contributed by atoms with Crippen LogP contribution >= 0.6 is 0 Å². The maximum absolute atomic E-state index is 11.6. The number of carbonyl (C=O) groups excluding carboxylic acids is 1. The Labute approximate surface area is 119 Å². The molecule has 0 fully saturated rings. The molecule has 0 aliphatic heterocycles. The number of anilines is 1. The number of primary amides is 1. The summed E-state index contributed by atoms with van der Waals surface area (Å²) in [5.41, 5.74) is 5.44. The highest BCUT2D eigenvalue weighted by Crippen LogP contribution is 2.15. The van der Waals surface area contributed by atoms with Crippen LogP contribution in [-0.2, 0) is 0 Å². The smallest absolute Gasteiger partial charge is 0.333 e. The van der Waals surface area contributed by atoms with E-state index in [0.717, 1.165) is 6.42 Å². The molecule has 0 atom stereocenters. The molecule has 7 nitrogen and oxygen atoms in total. The average Bonchev–Trinajstić information content (AvgIpc) is 2.42. The normalized spacial score (nSPS) is 10.2. The molecule has 1 aromatic heterocycles. The molecule has 1 aromatic rings. The summed E-state index contributed by atoms with van der Waals surface area (Å²) in [5, 5.41) is 12.0. The SMILES string of the molecule is CCCN(C(N)=O)N(CC(C)C)c1ccnc(C#N)n1. The minimum absolute atomic E-state index is 0.0668. The quantitative estimate of drug-likeness (QED) is 0.794. The molecule has 0 aromatic carbocycles. The Hall–Kier alpha value is -2.36. The molecule has 0 bridgehead atoms. The van der Waals surface area contributed by atoms with E-state index in [1.54, 1.807) is 11.1 Å². The number of rotatable bonds is 6. The fraction of sp³-hybridized carbons (Fsp3) is 0.538. The molecule has 0 aliphatic rings. The van der Waals surface area contributed by atoms with Crippen LogP contribution in [0.25, 0.3) is 0 Å². The minimum atomic E-state index is -0.537. The number of hydrogen-bond acceptors (Lipinski definition) is 5. The Kier molecular flexibility index (Phi) is 5.72. The summed E-state index contributed by atoms with van der Waals surface area (Å²) < 4.78 is 0. The van der Waals surface area contributed by atoms with Crippen LogP contribution in [0.1, 0.15) is 33.0 Å².